The lowest BCUT2D eigenvalue weighted by Crippen LogP contribution is -2.51. The summed E-state index contributed by atoms with van der Waals surface area (Å²) in [6.45, 7) is 6.58. The highest BCUT2D eigenvalue weighted by molar-refractivity contribution is 7.91. The summed E-state index contributed by atoms with van der Waals surface area (Å²) in [6.07, 6.45) is 1.34. The van der Waals surface area contributed by atoms with Crippen LogP contribution >= 0.6 is 0 Å². The summed E-state index contributed by atoms with van der Waals surface area (Å²) in [6, 6.07) is 0.115. The van der Waals surface area contributed by atoms with Gasteiger partial charge in [-0.05, 0) is 19.8 Å². The van der Waals surface area contributed by atoms with E-state index in [1.165, 1.54) is 0 Å². The predicted octanol–water partition coefficient (Wildman–Crippen LogP) is 0.163. The molecule has 1 amide bonds. The molecule has 0 bridgehead atoms. The third kappa shape index (κ3) is 2.54. The van der Waals surface area contributed by atoms with Gasteiger partial charge in [0.1, 0.15) is 0 Å². The van der Waals surface area contributed by atoms with Gasteiger partial charge >= 0.3 is 0 Å². The zero-order valence-corrected chi connectivity index (χ0v) is 12.1. The number of rotatable bonds is 3. The number of nitrogens with zero attached hydrogens (tertiary/aromatic N) is 1. The first kappa shape index (κ1) is 13.8. The fourth-order valence-electron chi connectivity index (χ4n) is 2.98. The Hall–Kier alpha value is -0.620. The van der Waals surface area contributed by atoms with Crippen molar-refractivity contribution in [2.24, 2.45) is 0 Å². The molecule has 0 aromatic carbocycles. The molecule has 2 fully saturated rings. The minimum absolute atomic E-state index is 0.0586. The lowest BCUT2D eigenvalue weighted by Gasteiger charge is -2.34. The molecule has 0 aromatic heterocycles. The van der Waals surface area contributed by atoms with E-state index < -0.39 is 15.4 Å². The van der Waals surface area contributed by atoms with E-state index in [0.717, 1.165) is 6.42 Å². The fourth-order valence-corrected chi connectivity index (χ4v) is 5.12. The Morgan fingerprint density at radius 3 is 2.61 bits per heavy atom. The third-order valence-corrected chi connectivity index (χ3v) is 5.76. The zero-order valence-electron chi connectivity index (χ0n) is 11.3. The van der Waals surface area contributed by atoms with E-state index in [1.54, 1.807) is 4.90 Å². The average molecular weight is 274 g/mol. The normalized spacial score (nSPS) is 35.7. The van der Waals surface area contributed by atoms with Crippen LogP contribution in [0.5, 0.6) is 0 Å². The van der Waals surface area contributed by atoms with Crippen LogP contribution in [0.1, 0.15) is 33.6 Å². The number of sulfone groups is 1. The van der Waals surface area contributed by atoms with E-state index in [2.05, 4.69) is 5.32 Å². The molecule has 2 heterocycles. The molecule has 2 aliphatic rings. The van der Waals surface area contributed by atoms with Crippen molar-refractivity contribution < 1.29 is 13.2 Å². The molecule has 6 heteroatoms. The Kier molecular flexibility index (Phi) is 3.44. The maximum atomic E-state index is 12.3. The summed E-state index contributed by atoms with van der Waals surface area (Å²) in [4.78, 5) is 14.1. The van der Waals surface area contributed by atoms with Gasteiger partial charge in [-0.2, -0.15) is 0 Å². The van der Waals surface area contributed by atoms with E-state index in [4.69, 9.17) is 0 Å². The van der Waals surface area contributed by atoms with Gasteiger partial charge in [-0.3, -0.25) is 4.79 Å². The lowest BCUT2D eigenvalue weighted by atomic mass is 10.00. The van der Waals surface area contributed by atoms with E-state index in [1.807, 2.05) is 20.8 Å². The van der Waals surface area contributed by atoms with E-state index in [-0.39, 0.29) is 29.5 Å². The van der Waals surface area contributed by atoms with Crippen molar-refractivity contribution in [3.05, 3.63) is 0 Å². The van der Waals surface area contributed by atoms with Crippen molar-refractivity contribution in [2.75, 3.05) is 18.1 Å². The first-order chi connectivity index (χ1) is 8.23. The molecular weight excluding hydrogens is 252 g/mol. The molecule has 1 N–H and O–H groups in total. The summed E-state index contributed by atoms with van der Waals surface area (Å²) in [5.74, 6) is 0.374. The smallest absolute Gasteiger partial charge is 0.240 e. The molecule has 0 spiro atoms. The predicted molar refractivity (Wildman–Crippen MR) is 70.1 cm³/mol. The molecule has 18 heavy (non-hydrogen) atoms. The van der Waals surface area contributed by atoms with Crippen LogP contribution in [0, 0.1) is 0 Å². The molecule has 0 radical (unpaired) electrons. The van der Waals surface area contributed by atoms with Crippen LogP contribution in [-0.4, -0.2) is 54.9 Å². The summed E-state index contributed by atoms with van der Waals surface area (Å²) in [5.41, 5.74) is -0.497. The van der Waals surface area contributed by atoms with Crippen LogP contribution in [0.15, 0.2) is 0 Å². The Bertz CT molecular complexity index is 446. The number of nitrogens with one attached hydrogen (secondary N) is 1. The van der Waals surface area contributed by atoms with Gasteiger partial charge in [0.05, 0.1) is 23.1 Å². The lowest BCUT2D eigenvalue weighted by molar-refractivity contribution is -0.133. The molecular formula is C12H22N2O3S. The van der Waals surface area contributed by atoms with Crippen LogP contribution in [-0.2, 0) is 14.6 Å². The van der Waals surface area contributed by atoms with Gasteiger partial charge in [0.15, 0.2) is 9.84 Å². The van der Waals surface area contributed by atoms with Crippen molar-refractivity contribution >= 4 is 15.7 Å². The number of likely N-dealkylation sites (tertiary alicyclic amines) is 1. The first-order valence-corrected chi connectivity index (χ1v) is 8.34. The summed E-state index contributed by atoms with van der Waals surface area (Å²) in [5, 5.41) is 3.24. The Morgan fingerprint density at radius 2 is 2.11 bits per heavy atom. The van der Waals surface area contributed by atoms with Crippen LogP contribution in [0.2, 0.25) is 0 Å². The van der Waals surface area contributed by atoms with Crippen molar-refractivity contribution in [1.29, 1.82) is 0 Å². The largest absolute Gasteiger partial charge is 0.335 e. The van der Waals surface area contributed by atoms with Crippen LogP contribution in [0.3, 0.4) is 0 Å². The topological polar surface area (TPSA) is 66.5 Å². The summed E-state index contributed by atoms with van der Waals surface area (Å²) < 4.78 is 23.2. The highest BCUT2D eigenvalue weighted by Gasteiger charge is 2.48. The van der Waals surface area contributed by atoms with Gasteiger partial charge in [0.25, 0.3) is 0 Å². The van der Waals surface area contributed by atoms with E-state index >= 15 is 0 Å². The Morgan fingerprint density at radius 1 is 1.44 bits per heavy atom. The Labute approximate surface area is 109 Å². The van der Waals surface area contributed by atoms with Crippen molar-refractivity contribution in [1.82, 2.24) is 10.2 Å². The summed E-state index contributed by atoms with van der Waals surface area (Å²) in [7, 11) is -2.97. The van der Waals surface area contributed by atoms with Gasteiger partial charge in [-0.25, -0.2) is 8.42 Å². The molecule has 0 aromatic rings. The standard InChI is InChI=1S/C12H22N2O3S/c1-9(2)13-10-4-6-14(11(10)15)12(3)5-7-18(16,17)8-12/h9-10,13H,4-8H2,1-3H3. The number of carbonyl (C=O) groups excluding carboxylic acids is 1. The maximum Gasteiger partial charge on any atom is 0.240 e. The molecule has 2 atom stereocenters. The van der Waals surface area contributed by atoms with Crippen LogP contribution < -0.4 is 5.32 Å². The van der Waals surface area contributed by atoms with Crippen molar-refractivity contribution in [3.63, 3.8) is 0 Å². The van der Waals surface area contributed by atoms with Crippen molar-refractivity contribution in [2.45, 2.75) is 51.2 Å². The van der Waals surface area contributed by atoms with Crippen LogP contribution in [0.4, 0.5) is 0 Å². The maximum absolute atomic E-state index is 12.3. The number of hydrogen-bond donors (Lipinski definition) is 1. The average Bonchev–Trinajstić information content (AvgIpc) is 2.70. The molecule has 0 saturated carbocycles. The first-order valence-electron chi connectivity index (χ1n) is 6.51. The number of hydrogen-bond acceptors (Lipinski definition) is 4. The second kappa shape index (κ2) is 4.49. The second-order valence-electron chi connectivity index (χ2n) is 5.99. The molecule has 2 unspecified atom stereocenters. The van der Waals surface area contributed by atoms with Gasteiger partial charge in [-0.1, -0.05) is 13.8 Å². The summed E-state index contributed by atoms with van der Waals surface area (Å²) >= 11 is 0. The second-order valence-corrected chi connectivity index (χ2v) is 8.18. The number of carbonyl (C=O) groups is 1. The highest BCUT2D eigenvalue weighted by atomic mass is 32.2. The Balaban J connectivity index is 2.10. The minimum atomic E-state index is -2.97. The minimum Gasteiger partial charge on any atom is -0.335 e. The monoisotopic (exact) mass is 274 g/mol. The zero-order chi connectivity index (χ0) is 13.6. The third-order valence-electron chi connectivity index (χ3n) is 3.87. The van der Waals surface area contributed by atoms with Gasteiger partial charge in [-0.15, -0.1) is 0 Å². The highest BCUT2D eigenvalue weighted by Crippen LogP contribution is 2.32. The van der Waals surface area contributed by atoms with Crippen molar-refractivity contribution in [3.8, 4) is 0 Å². The molecule has 5 nitrogen and oxygen atoms in total. The molecule has 2 saturated heterocycles. The van der Waals surface area contributed by atoms with Crippen LogP contribution in [0.25, 0.3) is 0 Å². The van der Waals surface area contributed by atoms with Gasteiger partial charge < -0.3 is 10.2 Å². The SMILES string of the molecule is CC(C)NC1CCN(C2(C)CCS(=O)(=O)C2)C1=O. The number of amides is 1. The molecule has 2 rings (SSSR count). The fraction of sp³-hybridized carbons (Fsp3) is 0.917. The molecule has 0 aliphatic carbocycles. The molecule has 2 aliphatic heterocycles. The van der Waals surface area contributed by atoms with E-state index in [0.29, 0.717) is 13.0 Å². The van der Waals surface area contributed by atoms with Gasteiger partial charge in [0, 0.05) is 12.6 Å². The molecule has 104 valence electrons. The quantitative estimate of drug-likeness (QED) is 0.796. The van der Waals surface area contributed by atoms with Gasteiger partial charge in [0.2, 0.25) is 5.91 Å². The van der Waals surface area contributed by atoms with E-state index in [9.17, 15) is 13.2 Å².